The molecule has 0 nitrogen and oxygen atoms in total. The van der Waals surface area contributed by atoms with Crippen LogP contribution < -0.4 is 0 Å². The Morgan fingerprint density at radius 2 is 1.93 bits per heavy atom. The van der Waals surface area contributed by atoms with Gasteiger partial charge in [-0.2, -0.15) is 0 Å². The lowest BCUT2D eigenvalue weighted by Crippen LogP contribution is -1.89. The third-order valence-electron chi connectivity index (χ3n) is 2.93. The fourth-order valence-corrected chi connectivity index (χ4v) is 2.06. The second-order valence-corrected chi connectivity index (χ2v) is 3.71. The third kappa shape index (κ3) is 3.59. The van der Waals surface area contributed by atoms with E-state index < -0.39 is 0 Å². The van der Waals surface area contributed by atoms with Crippen LogP contribution in [0.4, 0.5) is 0 Å². The summed E-state index contributed by atoms with van der Waals surface area (Å²) in [6, 6.07) is 0. The van der Waals surface area contributed by atoms with Gasteiger partial charge in [0.25, 0.3) is 0 Å². The van der Waals surface area contributed by atoms with Crippen LogP contribution in [0.15, 0.2) is 22.3 Å². The zero-order valence-electron chi connectivity index (χ0n) is 8.91. The normalized spacial score (nSPS) is 16.1. The van der Waals surface area contributed by atoms with Gasteiger partial charge < -0.3 is 0 Å². The Morgan fingerprint density at radius 3 is 2.27 bits per heavy atom. The van der Waals surface area contributed by atoms with Gasteiger partial charge in [0, 0.05) is 5.57 Å². The number of allylic oxidation sites excluding steroid dienone is 4. The van der Waals surface area contributed by atoms with Crippen LogP contribution in [0.5, 0.6) is 0 Å². The molecule has 0 bridgehead atoms. The molecule has 0 aromatic heterocycles. The largest absolute Gasteiger partial charge is 0.115 e. The standard InChI is InChI=1S/C13H18.2CH4/c1-5-12(6-2)11(4)13-9-7-8-10(13)3;;/h1H,6-9H2,2-4H3;2*1H4/b12-11-;;. The monoisotopic (exact) mass is 206 g/mol. The van der Waals surface area contributed by atoms with Crippen LogP contribution in [0.1, 0.15) is 61.3 Å². The molecular formula is C15H26. The lowest BCUT2D eigenvalue weighted by Gasteiger charge is -2.07. The molecule has 0 saturated carbocycles. The van der Waals surface area contributed by atoms with Gasteiger partial charge in [0.15, 0.2) is 0 Å². The van der Waals surface area contributed by atoms with Gasteiger partial charge in [-0.1, -0.05) is 33.3 Å². The van der Waals surface area contributed by atoms with Gasteiger partial charge in [0.2, 0.25) is 0 Å². The molecule has 0 aliphatic heterocycles. The van der Waals surface area contributed by atoms with E-state index in [1.807, 2.05) is 0 Å². The second-order valence-electron chi connectivity index (χ2n) is 3.71. The summed E-state index contributed by atoms with van der Waals surface area (Å²) in [7, 11) is 0. The summed E-state index contributed by atoms with van der Waals surface area (Å²) in [6.45, 7) is 6.53. The zero-order chi connectivity index (χ0) is 9.84. The number of hydrogen-bond acceptors (Lipinski definition) is 0. The topological polar surface area (TPSA) is 0 Å². The predicted octanol–water partition coefficient (Wildman–Crippen LogP) is 5.12. The molecular weight excluding hydrogens is 180 g/mol. The average Bonchev–Trinajstić information content (AvgIpc) is 2.53. The van der Waals surface area contributed by atoms with Crippen molar-refractivity contribution in [2.75, 3.05) is 0 Å². The minimum absolute atomic E-state index is 0. The zero-order valence-corrected chi connectivity index (χ0v) is 8.91. The first-order valence-electron chi connectivity index (χ1n) is 5.06. The summed E-state index contributed by atoms with van der Waals surface area (Å²) in [5.74, 6) is 2.79. The average molecular weight is 206 g/mol. The van der Waals surface area contributed by atoms with Crippen LogP contribution in [0.2, 0.25) is 0 Å². The first-order chi connectivity index (χ1) is 6.20. The molecule has 0 heterocycles. The maximum atomic E-state index is 5.47. The maximum Gasteiger partial charge on any atom is 0.00467 e. The molecule has 15 heavy (non-hydrogen) atoms. The summed E-state index contributed by atoms with van der Waals surface area (Å²) in [5.41, 5.74) is 5.60. The minimum atomic E-state index is 0. The van der Waals surface area contributed by atoms with E-state index in [1.54, 1.807) is 5.57 Å². The van der Waals surface area contributed by atoms with Gasteiger partial charge in [-0.25, -0.2) is 0 Å². The molecule has 0 radical (unpaired) electrons. The van der Waals surface area contributed by atoms with Crippen molar-refractivity contribution in [2.45, 2.75) is 61.3 Å². The van der Waals surface area contributed by atoms with Gasteiger partial charge >= 0.3 is 0 Å². The second kappa shape index (κ2) is 7.35. The summed E-state index contributed by atoms with van der Waals surface area (Å²) < 4.78 is 0. The van der Waals surface area contributed by atoms with Crippen LogP contribution in [-0.2, 0) is 0 Å². The Bertz CT molecular complexity index is 294. The quantitative estimate of drug-likeness (QED) is 0.550. The van der Waals surface area contributed by atoms with Gasteiger partial charge in [-0.15, -0.1) is 6.42 Å². The summed E-state index contributed by atoms with van der Waals surface area (Å²) in [4.78, 5) is 0. The molecule has 0 aromatic carbocycles. The smallest absolute Gasteiger partial charge is 0.00467 e. The third-order valence-corrected chi connectivity index (χ3v) is 2.93. The maximum absolute atomic E-state index is 5.47. The van der Waals surface area contributed by atoms with E-state index in [1.165, 1.54) is 36.0 Å². The molecule has 0 amide bonds. The number of hydrogen-bond donors (Lipinski definition) is 0. The molecule has 0 atom stereocenters. The van der Waals surface area contributed by atoms with E-state index in [0.717, 1.165) is 6.42 Å². The Labute approximate surface area is 96.5 Å². The molecule has 1 aliphatic carbocycles. The first-order valence-corrected chi connectivity index (χ1v) is 5.06. The van der Waals surface area contributed by atoms with E-state index in [2.05, 4.69) is 26.7 Å². The van der Waals surface area contributed by atoms with Gasteiger partial charge in [-0.05, 0) is 50.7 Å². The van der Waals surface area contributed by atoms with Crippen molar-refractivity contribution in [1.29, 1.82) is 0 Å². The van der Waals surface area contributed by atoms with Crippen LogP contribution in [-0.4, -0.2) is 0 Å². The molecule has 0 spiro atoms. The molecule has 0 aromatic rings. The van der Waals surface area contributed by atoms with E-state index in [4.69, 9.17) is 6.42 Å². The van der Waals surface area contributed by atoms with E-state index >= 15 is 0 Å². The van der Waals surface area contributed by atoms with E-state index in [0.29, 0.717) is 0 Å². The van der Waals surface area contributed by atoms with Crippen LogP contribution in [0, 0.1) is 12.3 Å². The fraction of sp³-hybridized carbons (Fsp3) is 0.600. The van der Waals surface area contributed by atoms with Crippen molar-refractivity contribution in [3.8, 4) is 12.3 Å². The van der Waals surface area contributed by atoms with Gasteiger partial charge in [-0.3, -0.25) is 0 Å². The Balaban J connectivity index is 0. The highest BCUT2D eigenvalue weighted by molar-refractivity contribution is 5.44. The van der Waals surface area contributed by atoms with Crippen molar-refractivity contribution >= 4 is 0 Å². The minimum Gasteiger partial charge on any atom is -0.115 e. The van der Waals surface area contributed by atoms with Crippen LogP contribution in [0.25, 0.3) is 0 Å². The van der Waals surface area contributed by atoms with Crippen LogP contribution >= 0.6 is 0 Å². The fourth-order valence-electron chi connectivity index (χ4n) is 2.06. The van der Waals surface area contributed by atoms with Crippen molar-refractivity contribution in [3.05, 3.63) is 22.3 Å². The molecule has 0 unspecified atom stereocenters. The summed E-state index contributed by atoms with van der Waals surface area (Å²) >= 11 is 0. The van der Waals surface area contributed by atoms with Crippen molar-refractivity contribution in [1.82, 2.24) is 0 Å². The highest BCUT2D eigenvalue weighted by atomic mass is 14.2. The Morgan fingerprint density at radius 1 is 1.33 bits per heavy atom. The predicted molar refractivity (Wildman–Crippen MR) is 71.8 cm³/mol. The van der Waals surface area contributed by atoms with Crippen molar-refractivity contribution in [2.24, 2.45) is 0 Å². The Kier molecular flexibility index (Phi) is 8.07. The summed E-state index contributed by atoms with van der Waals surface area (Å²) in [6.07, 6.45) is 10.2. The Hall–Kier alpha value is -0.960. The molecule has 0 saturated heterocycles. The van der Waals surface area contributed by atoms with Crippen LogP contribution in [0.3, 0.4) is 0 Å². The van der Waals surface area contributed by atoms with E-state index in [-0.39, 0.29) is 14.9 Å². The SMILES string of the molecule is C.C.C#C/C(CC)=C(\C)C1=C(C)CCC1. The van der Waals surface area contributed by atoms with Gasteiger partial charge in [0.05, 0.1) is 0 Å². The molecule has 1 aliphatic rings. The lowest BCUT2D eigenvalue weighted by molar-refractivity contribution is 0.893. The highest BCUT2D eigenvalue weighted by Crippen LogP contribution is 2.32. The van der Waals surface area contributed by atoms with Crippen molar-refractivity contribution < 1.29 is 0 Å². The lowest BCUT2D eigenvalue weighted by atomic mass is 9.98. The van der Waals surface area contributed by atoms with E-state index in [9.17, 15) is 0 Å². The highest BCUT2D eigenvalue weighted by Gasteiger charge is 2.13. The van der Waals surface area contributed by atoms with Gasteiger partial charge in [0.1, 0.15) is 0 Å². The molecule has 0 N–H and O–H groups in total. The summed E-state index contributed by atoms with van der Waals surface area (Å²) in [5, 5.41) is 0. The van der Waals surface area contributed by atoms with Crippen molar-refractivity contribution in [3.63, 3.8) is 0 Å². The first kappa shape index (κ1) is 16.5. The molecule has 0 heteroatoms. The number of rotatable bonds is 2. The molecule has 0 fully saturated rings. The number of terminal acetylenes is 1. The molecule has 1 rings (SSSR count). The molecule has 86 valence electrons.